The van der Waals surface area contributed by atoms with Crippen molar-refractivity contribution >= 4 is 23.1 Å². The molecule has 3 aromatic rings. The molecule has 0 atom stereocenters. The summed E-state index contributed by atoms with van der Waals surface area (Å²) in [7, 11) is -3.26. The molecule has 0 aliphatic carbocycles. The molecule has 3 rings (SSSR count). The zero-order valence-electron chi connectivity index (χ0n) is 13.6. The summed E-state index contributed by atoms with van der Waals surface area (Å²) in [6.07, 6.45) is 3.24. The zero-order valence-corrected chi connectivity index (χ0v) is 14.5. The Hall–Kier alpha value is -3.53. The van der Waals surface area contributed by atoms with Crippen molar-refractivity contribution in [1.82, 2.24) is 0 Å². The van der Waals surface area contributed by atoms with Gasteiger partial charge in [0.1, 0.15) is 11.5 Å². The lowest BCUT2D eigenvalue weighted by Crippen LogP contribution is -2.25. The van der Waals surface area contributed by atoms with E-state index in [1.807, 2.05) is 18.2 Å². The van der Waals surface area contributed by atoms with Crippen molar-refractivity contribution in [2.45, 2.75) is 0 Å². The summed E-state index contributed by atoms with van der Waals surface area (Å²) in [5, 5.41) is 19.2. The first-order valence-corrected chi connectivity index (χ1v) is 9.38. The Kier molecular flexibility index (Phi) is 5.04. The molecule has 26 heavy (non-hydrogen) atoms. The lowest BCUT2D eigenvalue weighted by molar-refractivity contribution is 0.507. The van der Waals surface area contributed by atoms with E-state index in [1.165, 1.54) is 0 Å². The van der Waals surface area contributed by atoms with Crippen molar-refractivity contribution in [1.29, 1.82) is 10.5 Å². The summed E-state index contributed by atoms with van der Waals surface area (Å²) in [5.41, 5.74) is 0. The largest absolute Gasteiger partial charge is 0.388 e. The molecule has 0 unspecified atom stereocenters. The van der Waals surface area contributed by atoms with Crippen molar-refractivity contribution in [3.8, 4) is 24.0 Å². The molecule has 5 nitrogen and oxygen atoms in total. The fourth-order valence-electron chi connectivity index (χ4n) is 2.68. The van der Waals surface area contributed by atoms with Gasteiger partial charge in [-0.15, -0.1) is 10.5 Å². The van der Waals surface area contributed by atoms with E-state index in [-0.39, 0.29) is 0 Å². The Morgan fingerprint density at radius 1 is 0.654 bits per heavy atom. The van der Waals surface area contributed by atoms with Gasteiger partial charge in [0.25, 0.3) is 12.5 Å². The second-order valence-electron chi connectivity index (χ2n) is 5.33. The van der Waals surface area contributed by atoms with Crippen LogP contribution in [0, 0.1) is 23.0 Å². The molecule has 0 bridgehead atoms. The van der Waals surface area contributed by atoms with E-state index in [4.69, 9.17) is 20.0 Å². The SMILES string of the molecule is N#COc1cccc(P(=O)(c2ccccc2)c2cccc(OC#N)c2)c1. The molecule has 126 valence electrons. The molecular weight excluding hydrogens is 347 g/mol. The normalized spacial score (nSPS) is 10.4. The quantitative estimate of drug-likeness (QED) is 0.516. The van der Waals surface area contributed by atoms with Crippen LogP contribution >= 0.6 is 7.14 Å². The van der Waals surface area contributed by atoms with Gasteiger partial charge in [-0.25, -0.2) is 0 Å². The Morgan fingerprint density at radius 2 is 1.12 bits per heavy atom. The lowest BCUT2D eigenvalue weighted by atomic mass is 10.3. The Balaban J connectivity index is 2.24. The predicted molar refractivity (Wildman–Crippen MR) is 98.3 cm³/mol. The fourth-order valence-corrected chi connectivity index (χ4v) is 5.37. The van der Waals surface area contributed by atoms with Gasteiger partial charge in [-0.05, 0) is 24.3 Å². The molecule has 0 aliphatic rings. The van der Waals surface area contributed by atoms with Gasteiger partial charge in [0, 0.05) is 15.9 Å². The molecule has 0 saturated heterocycles. The molecular formula is C20H13N2O3P. The van der Waals surface area contributed by atoms with E-state index in [0.29, 0.717) is 27.4 Å². The first-order chi connectivity index (χ1) is 12.7. The Morgan fingerprint density at radius 3 is 1.58 bits per heavy atom. The molecule has 0 aromatic heterocycles. The minimum Gasteiger partial charge on any atom is -0.388 e. The average Bonchev–Trinajstić information content (AvgIpc) is 2.69. The number of rotatable bonds is 5. The molecule has 0 amide bonds. The summed E-state index contributed by atoms with van der Waals surface area (Å²) >= 11 is 0. The summed E-state index contributed by atoms with van der Waals surface area (Å²) in [5.74, 6) is 0.621. The Labute approximate surface area is 151 Å². The van der Waals surface area contributed by atoms with E-state index in [0.717, 1.165) is 0 Å². The molecule has 3 aromatic carbocycles. The summed E-state index contributed by atoms with van der Waals surface area (Å²) < 4.78 is 24.0. The highest BCUT2D eigenvalue weighted by molar-refractivity contribution is 7.85. The van der Waals surface area contributed by atoms with Crippen LogP contribution < -0.4 is 25.4 Å². The molecule has 6 heteroatoms. The number of nitriles is 2. The summed E-state index contributed by atoms with van der Waals surface area (Å²) in [6, 6.07) is 22.3. The molecule has 0 spiro atoms. The number of hydrogen-bond donors (Lipinski definition) is 0. The third kappa shape index (κ3) is 3.30. The van der Waals surface area contributed by atoms with Crippen LogP contribution in [0.2, 0.25) is 0 Å². The third-order valence-corrected chi connectivity index (χ3v) is 6.85. The van der Waals surface area contributed by atoms with Gasteiger partial charge in [0.15, 0.2) is 7.14 Å². The second-order valence-corrected chi connectivity index (χ2v) is 8.09. The number of hydrogen-bond acceptors (Lipinski definition) is 5. The smallest absolute Gasteiger partial charge is 0.292 e. The van der Waals surface area contributed by atoms with Crippen molar-refractivity contribution in [2.75, 3.05) is 0 Å². The van der Waals surface area contributed by atoms with Crippen LogP contribution in [-0.2, 0) is 4.57 Å². The first-order valence-electron chi connectivity index (χ1n) is 7.67. The summed E-state index contributed by atoms with van der Waals surface area (Å²) in [4.78, 5) is 0. The Bertz CT molecular complexity index is 989. The van der Waals surface area contributed by atoms with E-state index in [9.17, 15) is 4.57 Å². The van der Waals surface area contributed by atoms with Crippen molar-refractivity contribution in [3.05, 3.63) is 78.9 Å². The van der Waals surface area contributed by atoms with E-state index < -0.39 is 7.14 Å². The maximum absolute atomic E-state index is 14.3. The van der Waals surface area contributed by atoms with Gasteiger partial charge in [-0.1, -0.05) is 54.6 Å². The minimum absolute atomic E-state index is 0.311. The molecule has 0 heterocycles. The van der Waals surface area contributed by atoms with Gasteiger partial charge in [-0.3, -0.25) is 0 Å². The highest BCUT2D eigenvalue weighted by Crippen LogP contribution is 2.43. The van der Waals surface area contributed by atoms with Crippen molar-refractivity contribution in [2.24, 2.45) is 0 Å². The minimum atomic E-state index is -3.26. The van der Waals surface area contributed by atoms with Crippen LogP contribution in [0.3, 0.4) is 0 Å². The van der Waals surface area contributed by atoms with Crippen LogP contribution in [0.5, 0.6) is 11.5 Å². The second kappa shape index (κ2) is 7.57. The van der Waals surface area contributed by atoms with Crippen LogP contribution in [-0.4, -0.2) is 0 Å². The molecule has 0 aliphatic heterocycles. The van der Waals surface area contributed by atoms with Crippen molar-refractivity contribution < 1.29 is 14.0 Å². The standard InChI is InChI=1S/C20H13N2O3P/c21-14-24-16-6-4-10-19(12-16)26(23,18-8-2-1-3-9-18)20-11-5-7-17(13-20)25-15-22/h1-13H. The van der Waals surface area contributed by atoms with E-state index in [1.54, 1.807) is 73.2 Å². The maximum Gasteiger partial charge on any atom is 0.292 e. The summed E-state index contributed by atoms with van der Waals surface area (Å²) in [6.45, 7) is 0. The average molecular weight is 360 g/mol. The topological polar surface area (TPSA) is 83.1 Å². The van der Waals surface area contributed by atoms with Crippen LogP contribution in [0.25, 0.3) is 0 Å². The maximum atomic E-state index is 14.3. The molecule has 0 saturated carbocycles. The van der Waals surface area contributed by atoms with Gasteiger partial charge in [-0.2, -0.15) is 0 Å². The molecule has 0 fully saturated rings. The number of nitrogens with zero attached hydrogens (tertiary/aromatic N) is 2. The predicted octanol–water partition coefficient (Wildman–Crippen LogP) is 3.05. The lowest BCUT2D eigenvalue weighted by Gasteiger charge is -2.20. The van der Waals surface area contributed by atoms with Gasteiger partial charge >= 0.3 is 0 Å². The van der Waals surface area contributed by atoms with E-state index in [2.05, 4.69) is 0 Å². The van der Waals surface area contributed by atoms with Gasteiger partial charge < -0.3 is 14.0 Å². The van der Waals surface area contributed by atoms with E-state index >= 15 is 0 Å². The number of ether oxygens (including phenoxy) is 2. The van der Waals surface area contributed by atoms with Crippen LogP contribution in [0.1, 0.15) is 0 Å². The molecule has 0 radical (unpaired) electrons. The third-order valence-electron chi connectivity index (χ3n) is 3.81. The highest BCUT2D eigenvalue weighted by atomic mass is 31.2. The van der Waals surface area contributed by atoms with Gasteiger partial charge in [0.2, 0.25) is 0 Å². The monoisotopic (exact) mass is 360 g/mol. The van der Waals surface area contributed by atoms with Gasteiger partial charge in [0.05, 0.1) is 0 Å². The highest BCUT2D eigenvalue weighted by Gasteiger charge is 2.30. The first kappa shape index (κ1) is 17.3. The van der Waals surface area contributed by atoms with Crippen molar-refractivity contribution in [3.63, 3.8) is 0 Å². The zero-order chi connectivity index (χ0) is 18.4. The number of benzene rings is 3. The molecule has 0 N–H and O–H groups in total. The fraction of sp³-hybridized carbons (Fsp3) is 0. The van der Waals surface area contributed by atoms with Crippen LogP contribution in [0.4, 0.5) is 0 Å². The van der Waals surface area contributed by atoms with Crippen LogP contribution in [0.15, 0.2) is 78.9 Å².